The number of hydrazone groups is 1. The molecule has 0 bridgehead atoms. The molecule has 1 aliphatic heterocycles. The zero-order chi connectivity index (χ0) is 22.1. The Morgan fingerprint density at radius 2 is 2.07 bits per heavy atom. The Morgan fingerprint density at radius 3 is 2.73 bits per heavy atom. The number of hydrogen-bond donors (Lipinski definition) is 1. The van der Waals surface area contributed by atoms with E-state index < -0.39 is 10.8 Å². The van der Waals surface area contributed by atoms with Gasteiger partial charge in [0, 0.05) is 41.1 Å². The lowest BCUT2D eigenvalue weighted by molar-refractivity contribution is -0.384. The third-order valence-electron chi connectivity index (χ3n) is 5.10. The molecule has 0 aliphatic carbocycles. The maximum Gasteiger partial charge on any atom is 0.271 e. The Morgan fingerprint density at radius 1 is 1.33 bits per heavy atom. The van der Waals surface area contributed by atoms with Crippen molar-refractivity contribution < 1.29 is 9.72 Å². The van der Waals surface area contributed by atoms with Gasteiger partial charge in [-0.3, -0.25) is 14.9 Å². The molecule has 1 heterocycles. The van der Waals surface area contributed by atoms with Crippen molar-refractivity contribution in [3.05, 3.63) is 74.3 Å². The number of benzene rings is 2. The zero-order valence-electron chi connectivity index (χ0n) is 17.3. The maximum atomic E-state index is 12.2. The maximum absolute atomic E-state index is 12.2. The molecule has 156 valence electrons. The Bertz CT molecular complexity index is 1080. The third kappa shape index (κ3) is 4.21. The first-order valence-electron chi connectivity index (χ1n) is 9.53. The molecule has 0 saturated carbocycles. The summed E-state index contributed by atoms with van der Waals surface area (Å²) < 4.78 is 0. The number of anilines is 1. The minimum absolute atomic E-state index is 0.114. The Labute approximate surface area is 180 Å². The Hall–Kier alpha value is -3.19. The molecule has 0 fully saturated rings. The number of nitro benzene ring substituents is 1. The van der Waals surface area contributed by atoms with Crippen LogP contribution in [0.4, 0.5) is 11.4 Å². The van der Waals surface area contributed by atoms with Gasteiger partial charge in [0.2, 0.25) is 0 Å². The number of fused-ring (bicyclic) bond motifs is 1. The molecule has 0 aromatic heterocycles. The SMILES string of the molecule is CCN1c2cc(Cl)c(/C=N\NC(=O)c3cccc([N+](=O)[O-])c3)cc2C(C)=CC1(C)C. The summed E-state index contributed by atoms with van der Waals surface area (Å²) in [6.45, 7) is 9.33. The molecule has 3 rings (SSSR count). The van der Waals surface area contributed by atoms with Crippen LogP contribution in [0.1, 0.15) is 49.2 Å². The number of nitrogens with one attached hydrogen (secondary N) is 1. The van der Waals surface area contributed by atoms with E-state index in [2.05, 4.69) is 49.2 Å². The van der Waals surface area contributed by atoms with Crippen LogP contribution in [0.3, 0.4) is 0 Å². The highest BCUT2D eigenvalue weighted by Crippen LogP contribution is 2.40. The monoisotopic (exact) mass is 426 g/mol. The van der Waals surface area contributed by atoms with Crippen LogP contribution in [0.2, 0.25) is 5.02 Å². The van der Waals surface area contributed by atoms with Gasteiger partial charge in [0.05, 0.1) is 21.7 Å². The van der Waals surface area contributed by atoms with Crippen molar-refractivity contribution in [2.24, 2.45) is 5.10 Å². The average molecular weight is 427 g/mol. The number of nitrogens with zero attached hydrogens (tertiary/aromatic N) is 3. The van der Waals surface area contributed by atoms with E-state index in [4.69, 9.17) is 11.6 Å². The fraction of sp³-hybridized carbons (Fsp3) is 0.273. The molecule has 0 radical (unpaired) electrons. The van der Waals surface area contributed by atoms with Crippen molar-refractivity contribution in [3.63, 3.8) is 0 Å². The summed E-state index contributed by atoms with van der Waals surface area (Å²) in [5.41, 5.74) is 6.20. The molecule has 0 unspecified atom stereocenters. The molecule has 2 aromatic carbocycles. The lowest BCUT2D eigenvalue weighted by atomic mass is 9.88. The number of carbonyl (C=O) groups excluding carboxylic acids is 1. The standard InChI is InChI=1S/C22H23ClN4O3/c1-5-26-20-11-19(23)16(10-18(20)14(2)12-22(26,3)4)13-24-25-21(28)15-7-6-8-17(9-15)27(29)30/h6-13H,5H2,1-4H3,(H,25,28)/b24-13-. The third-order valence-corrected chi connectivity index (χ3v) is 5.43. The molecule has 8 heteroatoms. The summed E-state index contributed by atoms with van der Waals surface area (Å²) in [7, 11) is 0. The minimum atomic E-state index is -0.552. The van der Waals surface area contributed by atoms with Crippen LogP contribution in [0.15, 0.2) is 47.6 Å². The molecule has 1 amide bonds. The zero-order valence-corrected chi connectivity index (χ0v) is 18.0. The van der Waals surface area contributed by atoms with Crippen molar-refractivity contribution in [2.45, 2.75) is 33.2 Å². The molecular formula is C22H23ClN4O3. The van der Waals surface area contributed by atoms with Crippen molar-refractivity contribution in [3.8, 4) is 0 Å². The van der Waals surface area contributed by atoms with E-state index in [1.54, 1.807) is 0 Å². The lowest BCUT2D eigenvalue weighted by Gasteiger charge is -2.43. The predicted octanol–water partition coefficient (Wildman–Crippen LogP) is 5.03. The number of allylic oxidation sites excluding steroid dienone is 1. The van der Waals surface area contributed by atoms with Crippen LogP contribution >= 0.6 is 11.6 Å². The van der Waals surface area contributed by atoms with Crippen LogP contribution in [0.5, 0.6) is 0 Å². The van der Waals surface area contributed by atoms with E-state index in [1.165, 1.54) is 30.5 Å². The van der Waals surface area contributed by atoms with E-state index in [-0.39, 0.29) is 16.8 Å². The van der Waals surface area contributed by atoms with E-state index in [9.17, 15) is 14.9 Å². The summed E-state index contributed by atoms with van der Waals surface area (Å²) in [6.07, 6.45) is 3.69. The lowest BCUT2D eigenvalue weighted by Crippen LogP contribution is -2.44. The number of halogens is 1. The summed E-state index contributed by atoms with van der Waals surface area (Å²) in [5, 5.41) is 15.4. The molecule has 0 spiro atoms. The average Bonchev–Trinajstić information content (AvgIpc) is 2.68. The van der Waals surface area contributed by atoms with Crippen molar-refractivity contribution >= 4 is 40.7 Å². The summed E-state index contributed by atoms with van der Waals surface area (Å²) in [5.74, 6) is -0.543. The number of hydrogen-bond acceptors (Lipinski definition) is 5. The summed E-state index contributed by atoms with van der Waals surface area (Å²) in [4.78, 5) is 24.8. The Balaban J connectivity index is 1.84. The predicted molar refractivity (Wildman–Crippen MR) is 120 cm³/mol. The van der Waals surface area contributed by atoms with Crippen LogP contribution in [-0.2, 0) is 0 Å². The fourth-order valence-corrected chi connectivity index (χ4v) is 3.98. The molecular weight excluding hydrogens is 404 g/mol. The van der Waals surface area contributed by atoms with Gasteiger partial charge in [0.15, 0.2) is 0 Å². The van der Waals surface area contributed by atoms with Gasteiger partial charge in [-0.25, -0.2) is 5.43 Å². The summed E-state index contributed by atoms with van der Waals surface area (Å²) in [6, 6.07) is 9.33. The highest BCUT2D eigenvalue weighted by Gasteiger charge is 2.30. The van der Waals surface area contributed by atoms with Gasteiger partial charge in [-0.05, 0) is 51.5 Å². The molecule has 0 atom stereocenters. The first-order valence-corrected chi connectivity index (χ1v) is 9.90. The highest BCUT2D eigenvalue weighted by atomic mass is 35.5. The van der Waals surface area contributed by atoms with E-state index in [0.29, 0.717) is 10.6 Å². The molecule has 2 aromatic rings. The van der Waals surface area contributed by atoms with Crippen LogP contribution in [0, 0.1) is 10.1 Å². The van der Waals surface area contributed by atoms with Crippen LogP contribution < -0.4 is 10.3 Å². The van der Waals surface area contributed by atoms with Gasteiger partial charge in [-0.1, -0.05) is 23.7 Å². The number of non-ortho nitro benzene ring substituents is 1. The first-order chi connectivity index (χ1) is 14.1. The quantitative estimate of drug-likeness (QED) is 0.412. The number of rotatable bonds is 5. The fourth-order valence-electron chi connectivity index (χ4n) is 3.78. The molecule has 7 nitrogen and oxygen atoms in total. The first kappa shape index (κ1) is 21.5. The number of carbonyl (C=O) groups is 1. The number of nitro groups is 1. The van der Waals surface area contributed by atoms with Gasteiger partial charge in [0.25, 0.3) is 11.6 Å². The molecule has 1 N–H and O–H groups in total. The second-order valence-corrected chi connectivity index (χ2v) is 8.03. The molecule has 1 aliphatic rings. The van der Waals surface area contributed by atoms with Gasteiger partial charge >= 0.3 is 0 Å². The normalized spacial score (nSPS) is 15.0. The van der Waals surface area contributed by atoms with Gasteiger partial charge in [-0.15, -0.1) is 0 Å². The van der Waals surface area contributed by atoms with Gasteiger partial charge < -0.3 is 4.90 Å². The number of likely N-dealkylation sites (N-methyl/N-ethyl adjacent to an activating group) is 1. The second-order valence-electron chi connectivity index (χ2n) is 7.62. The van der Waals surface area contributed by atoms with Crippen LogP contribution in [0.25, 0.3) is 5.57 Å². The smallest absolute Gasteiger partial charge is 0.271 e. The van der Waals surface area contributed by atoms with Crippen molar-refractivity contribution in [2.75, 3.05) is 11.4 Å². The topological polar surface area (TPSA) is 87.8 Å². The van der Waals surface area contributed by atoms with Crippen molar-refractivity contribution in [1.29, 1.82) is 0 Å². The van der Waals surface area contributed by atoms with Crippen molar-refractivity contribution in [1.82, 2.24) is 5.43 Å². The number of amides is 1. The van der Waals surface area contributed by atoms with E-state index in [1.807, 2.05) is 12.1 Å². The van der Waals surface area contributed by atoms with E-state index >= 15 is 0 Å². The summed E-state index contributed by atoms with van der Waals surface area (Å²) >= 11 is 6.49. The molecule has 30 heavy (non-hydrogen) atoms. The molecule has 0 saturated heterocycles. The largest absolute Gasteiger partial charge is 0.363 e. The van der Waals surface area contributed by atoms with E-state index in [0.717, 1.165) is 23.4 Å². The second kappa shape index (κ2) is 8.28. The van der Waals surface area contributed by atoms with Gasteiger partial charge in [-0.2, -0.15) is 5.10 Å². The highest BCUT2D eigenvalue weighted by molar-refractivity contribution is 6.33. The minimum Gasteiger partial charge on any atom is -0.363 e. The van der Waals surface area contributed by atoms with Gasteiger partial charge in [0.1, 0.15) is 0 Å². The Kier molecular flexibility index (Phi) is 5.94. The van der Waals surface area contributed by atoms with Crippen LogP contribution in [-0.4, -0.2) is 29.1 Å².